The largest absolute Gasteiger partial charge is 0.297 e. The Kier molecular flexibility index (Phi) is 5.61. The lowest BCUT2D eigenvalue weighted by Crippen LogP contribution is -2.33. The molecular weight excluding hydrogens is 376 g/mol. The van der Waals surface area contributed by atoms with Crippen LogP contribution in [0.3, 0.4) is 0 Å². The molecule has 3 aromatic rings. The van der Waals surface area contributed by atoms with Gasteiger partial charge in [0.15, 0.2) is 5.13 Å². The summed E-state index contributed by atoms with van der Waals surface area (Å²) in [4.78, 5) is 24.0. The van der Waals surface area contributed by atoms with Crippen molar-refractivity contribution in [3.8, 4) is 10.6 Å². The van der Waals surface area contributed by atoms with Gasteiger partial charge in [-0.2, -0.15) is 0 Å². The normalized spacial score (nSPS) is 17.7. The number of nitrogens with one attached hydrogen (secondary N) is 1. The Hall–Kier alpha value is -2.09. The minimum absolute atomic E-state index is 0.207. The molecule has 1 atom stereocenters. The highest BCUT2D eigenvalue weighted by Gasteiger charge is 2.18. The number of likely N-dealkylation sites (tertiary alicyclic amines) is 1. The van der Waals surface area contributed by atoms with Crippen LogP contribution in [0.15, 0.2) is 41.1 Å². The first-order valence-electron chi connectivity index (χ1n) is 9.16. The maximum absolute atomic E-state index is 12.5. The summed E-state index contributed by atoms with van der Waals surface area (Å²) in [5.41, 5.74) is 2.47. The minimum Gasteiger partial charge on any atom is -0.297 e. The predicted molar refractivity (Wildman–Crippen MR) is 111 cm³/mol. The van der Waals surface area contributed by atoms with Crippen molar-refractivity contribution in [2.75, 3.05) is 18.4 Å². The highest BCUT2D eigenvalue weighted by Crippen LogP contribution is 2.25. The summed E-state index contributed by atoms with van der Waals surface area (Å²) in [5.74, 6) is 0.543. The van der Waals surface area contributed by atoms with E-state index in [9.17, 15) is 4.79 Å². The lowest BCUT2D eigenvalue weighted by molar-refractivity contribution is 0.102. The molecule has 7 heteroatoms. The standard InChI is InChI=1S/C20H22N4OS2/c1-14-6-5-9-24(10-14)11-16-12-27-20(21-16)23-18(25)17-13-26-19(22-17)15-7-3-2-4-8-15/h2-4,7-8,12-14H,5-6,9-11H2,1H3,(H,21,23,25)/t14-/m0/s1. The number of rotatable bonds is 5. The van der Waals surface area contributed by atoms with Crippen molar-refractivity contribution in [3.05, 3.63) is 52.5 Å². The van der Waals surface area contributed by atoms with Crippen LogP contribution in [0.2, 0.25) is 0 Å². The molecule has 0 unspecified atom stereocenters. The molecule has 1 fully saturated rings. The van der Waals surface area contributed by atoms with Crippen LogP contribution >= 0.6 is 22.7 Å². The second-order valence-electron chi connectivity index (χ2n) is 6.98. The number of hydrogen-bond donors (Lipinski definition) is 1. The zero-order valence-corrected chi connectivity index (χ0v) is 16.9. The van der Waals surface area contributed by atoms with Crippen LogP contribution in [0.25, 0.3) is 10.6 Å². The van der Waals surface area contributed by atoms with Gasteiger partial charge in [-0.1, -0.05) is 37.3 Å². The van der Waals surface area contributed by atoms with E-state index in [2.05, 4.69) is 27.1 Å². The van der Waals surface area contributed by atoms with Crippen LogP contribution in [-0.2, 0) is 6.54 Å². The molecule has 4 rings (SSSR count). The molecule has 0 bridgehead atoms. The quantitative estimate of drug-likeness (QED) is 0.674. The lowest BCUT2D eigenvalue weighted by atomic mass is 10.0. The average molecular weight is 399 g/mol. The number of anilines is 1. The Labute approximate surface area is 167 Å². The second-order valence-corrected chi connectivity index (χ2v) is 8.70. The molecule has 1 aromatic carbocycles. The highest BCUT2D eigenvalue weighted by molar-refractivity contribution is 7.14. The topological polar surface area (TPSA) is 58.1 Å². The first-order chi connectivity index (χ1) is 13.2. The van der Waals surface area contributed by atoms with E-state index in [4.69, 9.17) is 0 Å². The average Bonchev–Trinajstić information content (AvgIpc) is 3.32. The van der Waals surface area contributed by atoms with Gasteiger partial charge in [0.05, 0.1) is 5.69 Å². The van der Waals surface area contributed by atoms with Crippen LogP contribution in [0.4, 0.5) is 5.13 Å². The van der Waals surface area contributed by atoms with Gasteiger partial charge in [0.25, 0.3) is 5.91 Å². The van der Waals surface area contributed by atoms with Crippen LogP contribution in [0, 0.1) is 5.92 Å². The van der Waals surface area contributed by atoms with E-state index < -0.39 is 0 Å². The fourth-order valence-corrected chi connectivity index (χ4v) is 4.85. The van der Waals surface area contributed by atoms with Gasteiger partial charge in [0, 0.05) is 29.4 Å². The van der Waals surface area contributed by atoms with Crippen LogP contribution in [0.5, 0.6) is 0 Å². The van der Waals surface area contributed by atoms with Gasteiger partial charge in [0.2, 0.25) is 0 Å². The fraction of sp³-hybridized carbons (Fsp3) is 0.350. The minimum atomic E-state index is -0.207. The maximum atomic E-state index is 12.5. The van der Waals surface area contributed by atoms with Crippen LogP contribution in [0.1, 0.15) is 35.9 Å². The Bertz CT molecular complexity index is 906. The molecule has 3 heterocycles. The van der Waals surface area contributed by atoms with E-state index >= 15 is 0 Å². The van der Waals surface area contributed by atoms with Gasteiger partial charge in [0.1, 0.15) is 10.7 Å². The second kappa shape index (κ2) is 8.29. The van der Waals surface area contributed by atoms with Gasteiger partial charge < -0.3 is 0 Å². The van der Waals surface area contributed by atoms with Gasteiger partial charge in [-0.05, 0) is 25.3 Å². The molecule has 1 aliphatic heterocycles. The van der Waals surface area contributed by atoms with Crippen LogP contribution < -0.4 is 5.32 Å². The molecule has 1 aliphatic rings. The van der Waals surface area contributed by atoms with E-state index in [0.717, 1.165) is 41.8 Å². The van der Waals surface area contributed by atoms with Gasteiger partial charge in [-0.3, -0.25) is 15.0 Å². The first-order valence-corrected chi connectivity index (χ1v) is 10.9. The molecule has 27 heavy (non-hydrogen) atoms. The van der Waals surface area contributed by atoms with Gasteiger partial charge in [-0.25, -0.2) is 9.97 Å². The number of carbonyl (C=O) groups excluding carboxylic acids is 1. The number of amides is 1. The Morgan fingerprint density at radius 2 is 2.07 bits per heavy atom. The molecule has 1 saturated heterocycles. The molecule has 1 amide bonds. The maximum Gasteiger partial charge on any atom is 0.276 e. The number of nitrogens with zero attached hydrogens (tertiary/aromatic N) is 3. The summed E-state index contributed by atoms with van der Waals surface area (Å²) in [5, 5.41) is 8.19. The van der Waals surface area contributed by atoms with Crippen molar-refractivity contribution in [2.24, 2.45) is 5.92 Å². The molecule has 0 radical (unpaired) electrons. The number of hydrogen-bond acceptors (Lipinski definition) is 6. The molecular formula is C20H22N4OS2. The molecule has 5 nitrogen and oxygen atoms in total. The zero-order chi connectivity index (χ0) is 18.6. The summed E-state index contributed by atoms with van der Waals surface area (Å²) in [7, 11) is 0. The van der Waals surface area contributed by atoms with Gasteiger partial charge in [-0.15, -0.1) is 22.7 Å². The molecule has 1 N–H and O–H groups in total. The third-order valence-corrected chi connectivity index (χ3v) is 6.35. The van der Waals surface area contributed by atoms with Gasteiger partial charge >= 0.3 is 0 Å². The summed E-state index contributed by atoms with van der Waals surface area (Å²) in [6.07, 6.45) is 2.57. The molecule has 140 valence electrons. The van der Waals surface area contributed by atoms with Crippen molar-refractivity contribution >= 4 is 33.7 Å². The molecule has 0 saturated carbocycles. The number of benzene rings is 1. The predicted octanol–water partition coefficient (Wildman–Crippen LogP) is 4.75. The van der Waals surface area contributed by atoms with E-state index in [1.807, 2.05) is 35.7 Å². The lowest BCUT2D eigenvalue weighted by Gasteiger charge is -2.30. The first kappa shape index (κ1) is 18.3. The molecule has 0 spiro atoms. The molecule has 2 aromatic heterocycles. The van der Waals surface area contributed by atoms with E-state index in [-0.39, 0.29) is 5.91 Å². The summed E-state index contributed by atoms with van der Waals surface area (Å²) in [6, 6.07) is 9.90. The Balaban J connectivity index is 1.37. The van der Waals surface area contributed by atoms with Crippen molar-refractivity contribution < 1.29 is 4.79 Å². The van der Waals surface area contributed by atoms with Crippen molar-refractivity contribution in [1.82, 2.24) is 14.9 Å². The fourth-order valence-electron chi connectivity index (χ4n) is 3.35. The van der Waals surface area contributed by atoms with Crippen molar-refractivity contribution in [1.29, 1.82) is 0 Å². The number of piperidine rings is 1. The van der Waals surface area contributed by atoms with Crippen molar-refractivity contribution in [2.45, 2.75) is 26.3 Å². The van der Waals surface area contributed by atoms with E-state index in [1.165, 1.54) is 35.5 Å². The van der Waals surface area contributed by atoms with E-state index in [1.54, 1.807) is 5.38 Å². The smallest absolute Gasteiger partial charge is 0.276 e. The number of aromatic nitrogens is 2. The molecule has 0 aliphatic carbocycles. The van der Waals surface area contributed by atoms with Crippen molar-refractivity contribution in [3.63, 3.8) is 0 Å². The SMILES string of the molecule is C[C@H]1CCCN(Cc2csc(NC(=O)c3csc(-c4ccccc4)n3)n2)C1. The summed E-state index contributed by atoms with van der Waals surface area (Å²) in [6.45, 7) is 5.41. The Morgan fingerprint density at radius 3 is 2.89 bits per heavy atom. The Morgan fingerprint density at radius 1 is 1.22 bits per heavy atom. The summed E-state index contributed by atoms with van der Waals surface area (Å²) < 4.78 is 0. The third kappa shape index (κ3) is 4.61. The van der Waals surface area contributed by atoms with E-state index in [0.29, 0.717) is 10.8 Å². The summed E-state index contributed by atoms with van der Waals surface area (Å²) >= 11 is 2.95. The highest BCUT2D eigenvalue weighted by atomic mass is 32.1. The monoisotopic (exact) mass is 398 g/mol. The number of thiazole rings is 2. The zero-order valence-electron chi connectivity index (χ0n) is 15.2. The number of carbonyl (C=O) groups is 1. The third-order valence-electron chi connectivity index (χ3n) is 4.66. The van der Waals surface area contributed by atoms with Crippen LogP contribution in [-0.4, -0.2) is 33.9 Å².